The maximum absolute atomic E-state index is 13.9. The van der Waals surface area contributed by atoms with Gasteiger partial charge in [0.25, 0.3) is 5.91 Å². The molecule has 1 atom stereocenters. The highest BCUT2D eigenvalue weighted by molar-refractivity contribution is 6.23. The summed E-state index contributed by atoms with van der Waals surface area (Å²) in [4.78, 5) is 37.1. The highest BCUT2D eigenvalue weighted by atomic mass is 16.2. The second kappa shape index (κ2) is 8.55. The van der Waals surface area contributed by atoms with Crippen LogP contribution in [0, 0.1) is 0 Å². The Morgan fingerprint density at radius 1 is 0.812 bits per heavy atom. The molecule has 2 aliphatic rings. The van der Waals surface area contributed by atoms with Crippen molar-refractivity contribution in [2.24, 2.45) is 0 Å². The predicted octanol–water partition coefficient (Wildman–Crippen LogP) is 3.74. The molecule has 0 bridgehead atoms. The summed E-state index contributed by atoms with van der Waals surface area (Å²) in [7, 11) is 0. The zero-order valence-corrected chi connectivity index (χ0v) is 17.9. The summed E-state index contributed by atoms with van der Waals surface area (Å²) in [6.45, 7) is 2.80. The summed E-state index contributed by atoms with van der Waals surface area (Å²) < 4.78 is 0. The molecule has 1 aromatic heterocycles. The van der Waals surface area contributed by atoms with Gasteiger partial charge in [-0.25, -0.2) is 9.69 Å². The summed E-state index contributed by atoms with van der Waals surface area (Å²) in [5, 5.41) is 0. The highest BCUT2D eigenvalue weighted by Gasteiger charge is 2.58. The first-order chi connectivity index (χ1) is 15.7. The number of nitrogens with zero attached hydrogens (tertiary/aromatic N) is 4. The van der Waals surface area contributed by atoms with Crippen molar-refractivity contribution in [3.63, 3.8) is 0 Å². The Labute approximate surface area is 188 Å². The van der Waals surface area contributed by atoms with Crippen LogP contribution in [0.3, 0.4) is 0 Å². The van der Waals surface area contributed by atoms with Crippen molar-refractivity contribution >= 4 is 17.6 Å². The third-order valence-electron chi connectivity index (χ3n) is 6.51. The first kappa shape index (κ1) is 20.4. The van der Waals surface area contributed by atoms with Crippen LogP contribution in [-0.2, 0) is 17.8 Å². The summed E-state index contributed by atoms with van der Waals surface area (Å²) in [6.07, 6.45) is 4.33. The molecule has 2 saturated heterocycles. The van der Waals surface area contributed by atoms with Crippen molar-refractivity contribution < 1.29 is 9.59 Å². The number of hydrogen-bond acceptors (Lipinski definition) is 4. The first-order valence-electron chi connectivity index (χ1n) is 11.0. The van der Waals surface area contributed by atoms with Crippen molar-refractivity contribution in [2.45, 2.75) is 24.9 Å². The van der Waals surface area contributed by atoms with Gasteiger partial charge in [-0.3, -0.25) is 14.7 Å². The fourth-order valence-electron chi connectivity index (χ4n) is 4.87. The maximum Gasteiger partial charge on any atom is 0.332 e. The molecule has 1 unspecified atom stereocenters. The SMILES string of the molecule is O=C1N(c2cccnc2)C(=O)C2(Cc3ccccc3)CCN(Cc3ccccc3)CCN12. The minimum Gasteiger partial charge on any atom is -0.308 e. The van der Waals surface area contributed by atoms with Crippen LogP contribution in [0.4, 0.5) is 10.5 Å². The molecule has 0 radical (unpaired) electrons. The largest absolute Gasteiger partial charge is 0.332 e. The lowest BCUT2D eigenvalue weighted by Gasteiger charge is -2.33. The Bertz CT molecular complexity index is 1090. The lowest BCUT2D eigenvalue weighted by Crippen LogP contribution is -2.51. The van der Waals surface area contributed by atoms with Gasteiger partial charge in [0.15, 0.2) is 0 Å². The van der Waals surface area contributed by atoms with Crippen LogP contribution in [0.1, 0.15) is 17.5 Å². The van der Waals surface area contributed by atoms with E-state index in [1.54, 1.807) is 29.4 Å². The van der Waals surface area contributed by atoms with Crippen LogP contribution in [0.15, 0.2) is 85.2 Å². The van der Waals surface area contributed by atoms with Crippen LogP contribution >= 0.6 is 0 Å². The van der Waals surface area contributed by atoms with E-state index in [4.69, 9.17) is 0 Å². The summed E-state index contributed by atoms with van der Waals surface area (Å²) in [6, 6.07) is 23.6. The molecule has 32 heavy (non-hydrogen) atoms. The van der Waals surface area contributed by atoms with Gasteiger partial charge in [-0.1, -0.05) is 60.7 Å². The number of carbonyl (C=O) groups excluding carboxylic acids is 2. The Balaban J connectivity index is 1.48. The summed E-state index contributed by atoms with van der Waals surface area (Å²) in [5.74, 6) is -0.152. The fraction of sp³-hybridized carbons (Fsp3) is 0.269. The van der Waals surface area contributed by atoms with Gasteiger partial charge in [0.1, 0.15) is 5.54 Å². The van der Waals surface area contributed by atoms with Crippen LogP contribution in [0.2, 0.25) is 0 Å². The number of benzene rings is 2. The zero-order valence-electron chi connectivity index (χ0n) is 17.9. The van der Waals surface area contributed by atoms with E-state index in [1.807, 2.05) is 48.5 Å². The standard InChI is InChI=1S/C26H26N4O2/c31-24-26(18-21-8-3-1-4-9-21)13-15-28(20-22-10-5-2-6-11-22)16-17-29(26)25(32)30(24)23-12-7-14-27-19-23/h1-12,14,19H,13,15-18,20H2. The van der Waals surface area contributed by atoms with Gasteiger partial charge in [-0.15, -0.1) is 0 Å². The molecular weight excluding hydrogens is 400 g/mol. The van der Waals surface area contributed by atoms with Gasteiger partial charge >= 0.3 is 6.03 Å². The van der Waals surface area contributed by atoms with Gasteiger partial charge in [-0.2, -0.15) is 0 Å². The van der Waals surface area contributed by atoms with Crippen LogP contribution < -0.4 is 4.90 Å². The van der Waals surface area contributed by atoms with Crippen molar-refractivity contribution in [3.8, 4) is 0 Å². The van der Waals surface area contributed by atoms with E-state index in [2.05, 4.69) is 22.0 Å². The number of anilines is 1. The van der Waals surface area contributed by atoms with Gasteiger partial charge in [0, 0.05) is 38.8 Å². The number of rotatable bonds is 5. The molecule has 0 spiro atoms. The van der Waals surface area contributed by atoms with E-state index < -0.39 is 5.54 Å². The van der Waals surface area contributed by atoms with E-state index in [0.717, 1.165) is 25.2 Å². The highest BCUT2D eigenvalue weighted by Crippen LogP contribution is 2.38. The molecule has 3 amide bonds. The molecule has 0 aliphatic carbocycles. The van der Waals surface area contributed by atoms with Crippen molar-refractivity contribution in [1.82, 2.24) is 14.8 Å². The second-order valence-electron chi connectivity index (χ2n) is 8.49. The monoisotopic (exact) mass is 426 g/mol. The van der Waals surface area contributed by atoms with Crippen LogP contribution in [0.25, 0.3) is 0 Å². The lowest BCUT2D eigenvalue weighted by molar-refractivity contribution is -0.125. The molecule has 6 heteroatoms. The van der Waals surface area contributed by atoms with Crippen LogP contribution in [0.5, 0.6) is 0 Å². The smallest absolute Gasteiger partial charge is 0.308 e. The minimum atomic E-state index is -0.889. The fourth-order valence-corrected chi connectivity index (χ4v) is 4.87. The minimum absolute atomic E-state index is 0.152. The molecular formula is C26H26N4O2. The molecule has 2 aliphatic heterocycles. The normalized spacial score (nSPS) is 21.5. The molecule has 3 aromatic rings. The Hall–Kier alpha value is -3.51. The topological polar surface area (TPSA) is 56.8 Å². The first-order valence-corrected chi connectivity index (χ1v) is 11.0. The number of amides is 3. The molecule has 0 saturated carbocycles. The number of hydrogen-bond donors (Lipinski definition) is 0. The average molecular weight is 427 g/mol. The van der Waals surface area contributed by atoms with Crippen molar-refractivity contribution in [2.75, 3.05) is 24.5 Å². The Morgan fingerprint density at radius 2 is 1.53 bits per heavy atom. The van der Waals surface area contributed by atoms with E-state index in [9.17, 15) is 9.59 Å². The number of pyridine rings is 1. The zero-order chi connectivity index (χ0) is 22.0. The Morgan fingerprint density at radius 3 is 2.22 bits per heavy atom. The molecule has 3 heterocycles. The third-order valence-corrected chi connectivity index (χ3v) is 6.51. The second-order valence-corrected chi connectivity index (χ2v) is 8.49. The Kier molecular flexibility index (Phi) is 5.45. The number of urea groups is 1. The summed E-state index contributed by atoms with van der Waals surface area (Å²) >= 11 is 0. The molecule has 2 aromatic carbocycles. The van der Waals surface area contributed by atoms with E-state index in [0.29, 0.717) is 25.1 Å². The molecule has 0 N–H and O–H groups in total. The van der Waals surface area contributed by atoms with E-state index in [1.165, 1.54) is 10.5 Å². The maximum atomic E-state index is 13.9. The number of aromatic nitrogens is 1. The van der Waals surface area contributed by atoms with E-state index >= 15 is 0 Å². The number of imide groups is 1. The number of carbonyl (C=O) groups is 2. The molecule has 162 valence electrons. The molecule has 6 nitrogen and oxygen atoms in total. The third kappa shape index (κ3) is 3.67. The quantitative estimate of drug-likeness (QED) is 0.584. The van der Waals surface area contributed by atoms with Gasteiger partial charge in [0.2, 0.25) is 0 Å². The lowest BCUT2D eigenvalue weighted by atomic mass is 9.86. The van der Waals surface area contributed by atoms with Crippen molar-refractivity contribution in [3.05, 3.63) is 96.3 Å². The van der Waals surface area contributed by atoms with Gasteiger partial charge in [-0.05, 0) is 29.7 Å². The van der Waals surface area contributed by atoms with E-state index in [-0.39, 0.29) is 11.9 Å². The van der Waals surface area contributed by atoms with Gasteiger partial charge in [0.05, 0.1) is 11.9 Å². The average Bonchev–Trinajstić information content (AvgIpc) is 2.93. The van der Waals surface area contributed by atoms with Gasteiger partial charge < -0.3 is 4.90 Å². The van der Waals surface area contributed by atoms with Crippen LogP contribution in [-0.4, -0.2) is 51.9 Å². The number of fused-ring (bicyclic) bond motifs is 1. The molecule has 5 rings (SSSR count). The summed E-state index contributed by atoms with van der Waals surface area (Å²) in [5.41, 5.74) is 1.94. The van der Waals surface area contributed by atoms with Crippen molar-refractivity contribution in [1.29, 1.82) is 0 Å². The molecule has 2 fully saturated rings. The predicted molar refractivity (Wildman–Crippen MR) is 123 cm³/mol.